The average molecular weight is 300 g/mol. The van der Waals surface area contributed by atoms with E-state index >= 15 is 0 Å². The minimum Gasteiger partial charge on any atom is -0.341 e. The van der Waals surface area contributed by atoms with Crippen molar-refractivity contribution in [1.82, 2.24) is 4.90 Å². The van der Waals surface area contributed by atoms with Gasteiger partial charge >= 0.3 is 6.18 Å². The second-order valence-corrected chi connectivity index (χ2v) is 5.44. The van der Waals surface area contributed by atoms with Gasteiger partial charge in [0.15, 0.2) is 0 Å². The highest BCUT2D eigenvalue weighted by Gasteiger charge is 2.42. The molecule has 1 fully saturated rings. The summed E-state index contributed by atoms with van der Waals surface area (Å²) in [6, 6.07) is 8.66. The Bertz CT molecular complexity index is 468. The molecule has 0 unspecified atom stereocenters. The van der Waals surface area contributed by atoms with Crippen molar-refractivity contribution in [2.75, 3.05) is 13.1 Å². The van der Waals surface area contributed by atoms with Crippen LogP contribution < -0.4 is 5.73 Å². The fourth-order valence-electron chi connectivity index (χ4n) is 2.62. The predicted molar refractivity (Wildman–Crippen MR) is 73.5 cm³/mol. The monoisotopic (exact) mass is 300 g/mol. The third-order valence-corrected chi connectivity index (χ3v) is 3.89. The molecule has 2 rings (SSSR count). The van der Waals surface area contributed by atoms with Gasteiger partial charge in [-0.15, -0.1) is 0 Å². The molecule has 0 radical (unpaired) electrons. The molecule has 0 saturated carbocycles. The minimum atomic E-state index is -4.17. The van der Waals surface area contributed by atoms with Crippen LogP contribution in [0.1, 0.15) is 18.4 Å². The van der Waals surface area contributed by atoms with Crippen molar-refractivity contribution < 1.29 is 18.0 Å². The Morgan fingerprint density at radius 1 is 1.24 bits per heavy atom. The Morgan fingerprint density at radius 3 is 2.33 bits per heavy atom. The van der Waals surface area contributed by atoms with Gasteiger partial charge in [0.1, 0.15) is 0 Å². The zero-order valence-corrected chi connectivity index (χ0v) is 11.6. The summed E-state index contributed by atoms with van der Waals surface area (Å²) >= 11 is 0. The number of carbonyl (C=O) groups excluding carboxylic acids is 1. The first kappa shape index (κ1) is 15.8. The molecule has 1 atom stereocenters. The number of nitrogens with two attached hydrogens (primary N) is 1. The molecule has 0 aromatic heterocycles. The molecule has 1 saturated heterocycles. The number of amides is 1. The van der Waals surface area contributed by atoms with E-state index in [1.54, 1.807) is 0 Å². The number of carbonyl (C=O) groups is 1. The van der Waals surface area contributed by atoms with E-state index in [9.17, 15) is 18.0 Å². The second-order valence-electron chi connectivity index (χ2n) is 5.44. The second kappa shape index (κ2) is 6.47. The maximum Gasteiger partial charge on any atom is 0.391 e. The van der Waals surface area contributed by atoms with Gasteiger partial charge < -0.3 is 10.6 Å². The first-order chi connectivity index (χ1) is 9.88. The van der Waals surface area contributed by atoms with E-state index < -0.39 is 18.1 Å². The van der Waals surface area contributed by atoms with Gasteiger partial charge in [-0.1, -0.05) is 30.3 Å². The number of rotatable bonds is 3. The van der Waals surface area contributed by atoms with E-state index in [2.05, 4.69) is 0 Å². The van der Waals surface area contributed by atoms with Crippen LogP contribution >= 0.6 is 0 Å². The van der Waals surface area contributed by atoms with Crippen LogP contribution in [-0.4, -0.2) is 36.1 Å². The summed E-state index contributed by atoms with van der Waals surface area (Å²) in [5, 5.41) is 0. The fraction of sp³-hybridized carbons (Fsp3) is 0.533. The molecule has 0 bridgehead atoms. The molecule has 1 aliphatic rings. The smallest absolute Gasteiger partial charge is 0.341 e. The SMILES string of the molecule is N[C@@H](Cc1ccccc1)C(=O)N1CCC(C(F)(F)F)CC1. The number of likely N-dealkylation sites (tertiary alicyclic amines) is 1. The topological polar surface area (TPSA) is 46.3 Å². The molecule has 0 spiro atoms. The van der Waals surface area contributed by atoms with Crippen molar-refractivity contribution in [3.05, 3.63) is 35.9 Å². The van der Waals surface area contributed by atoms with Gasteiger partial charge in [0, 0.05) is 13.1 Å². The van der Waals surface area contributed by atoms with Gasteiger partial charge in [-0.25, -0.2) is 0 Å². The molecule has 1 amide bonds. The summed E-state index contributed by atoms with van der Waals surface area (Å²) in [6.45, 7) is 0.261. The summed E-state index contributed by atoms with van der Waals surface area (Å²) in [5.41, 5.74) is 6.83. The zero-order chi connectivity index (χ0) is 15.5. The molecule has 116 valence electrons. The van der Waals surface area contributed by atoms with Crippen molar-refractivity contribution >= 4 is 5.91 Å². The van der Waals surface area contributed by atoms with Gasteiger partial charge in [0.2, 0.25) is 5.91 Å². The highest BCUT2D eigenvalue weighted by molar-refractivity contribution is 5.82. The van der Waals surface area contributed by atoms with Gasteiger partial charge in [0.25, 0.3) is 0 Å². The molecule has 6 heteroatoms. The quantitative estimate of drug-likeness (QED) is 0.931. The largest absolute Gasteiger partial charge is 0.391 e. The normalized spacial score (nSPS) is 18.6. The van der Waals surface area contributed by atoms with Crippen LogP contribution in [0.4, 0.5) is 13.2 Å². The summed E-state index contributed by atoms with van der Waals surface area (Å²) < 4.78 is 37.8. The van der Waals surface area contributed by atoms with Gasteiger partial charge in [-0.2, -0.15) is 13.2 Å². The van der Waals surface area contributed by atoms with Crippen LogP contribution in [0, 0.1) is 5.92 Å². The van der Waals surface area contributed by atoms with E-state index in [1.807, 2.05) is 30.3 Å². The lowest BCUT2D eigenvalue weighted by atomic mass is 9.95. The minimum absolute atomic E-state index is 0.0344. The molecule has 3 nitrogen and oxygen atoms in total. The fourth-order valence-corrected chi connectivity index (χ4v) is 2.62. The highest BCUT2D eigenvalue weighted by Crippen LogP contribution is 2.34. The summed E-state index contributed by atoms with van der Waals surface area (Å²) in [5.74, 6) is -1.56. The van der Waals surface area contributed by atoms with Crippen LogP contribution in [0.2, 0.25) is 0 Å². The molecule has 1 aromatic carbocycles. The molecule has 1 aromatic rings. The van der Waals surface area contributed by atoms with Gasteiger partial charge in [-0.05, 0) is 24.8 Å². The number of hydrogen-bond acceptors (Lipinski definition) is 2. The molecule has 21 heavy (non-hydrogen) atoms. The van der Waals surface area contributed by atoms with Crippen LogP contribution in [0.25, 0.3) is 0 Å². The number of nitrogens with zero attached hydrogens (tertiary/aromatic N) is 1. The number of halogens is 3. The van der Waals surface area contributed by atoms with Gasteiger partial charge in [0.05, 0.1) is 12.0 Å². The first-order valence-corrected chi connectivity index (χ1v) is 7.03. The standard InChI is InChI=1S/C15H19F3N2O/c16-15(17,18)12-6-8-20(9-7-12)14(21)13(19)10-11-4-2-1-3-5-11/h1-5,12-13H,6-10,19H2/t13-/m0/s1. The van der Waals surface area contributed by atoms with Crippen molar-refractivity contribution in [3.63, 3.8) is 0 Å². The Balaban J connectivity index is 1.87. The van der Waals surface area contributed by atoms with E-state index in [1.165, 1.54) is 4.90 Å². The Hall–Kier alpha value is -1.56. The van der Waals surface area contributed by atoms with E-state index in [0.717, 1.165) is 5.56 Å². The average Bonchev–Trinajstić information content (AvgIpc) is 2.46. The summed E-state index contributed by atoms with van der Waals surface area (Å²) in [7, 11) is 0. The number of benzene rings is 1. The van der Waals surface area contributed by atoms with Crippen molar-refractivity contribution in [1.29, 1.82) is 0 Å². The Kier molecular flexibility index (Phi) is 4.88. The molecule has 0 aliphatic carbocycles. The molecule has 1 aliphatic heterocycles. The maximum absolute atomic E-state index is 12.6. The Morgan fingerprint density at radius 2 is 1.81 bits per heavy atom. The maximum atomic E-state index is 12.6. The molecular formula is C15H19F3N2O. The first-order valence-electron chi connectivity index (χ1n) is 7.03. The summed E-state index contributed by atoms with van der Waals surface area (Å²) in [6.07, 6.45) is -3.83. The highest BCUT2D eigenvalue weighted by atomic mass is 19.4. The number of piperidine rings is 1. The van der Waals surface area contributed by atoms with E-state index in [0.29, 0.717) is 6.42 Å². The number of hydrogen-bond donors (Lipinski definition) is 1. The molecule has 2 N–H and O–H groups in total. The lowest BCUT2D eigenvalue weighted by molar-refractivity contribution is -0.186. The third kappa shape index (κ3) is 4.20. The lowest BCUT2D eigenvalue weighted by Crippen LogP contribution is -2.49. The van der Waals surface area contributed by atoms with Crippen molar-refractivity contribution in [3.8, 4) is 0 Å². The van der Waals surface area contributed by atoms with Crippen LogP contribution in [-0.2, 0) is 11.2 Å². The zero-order valence-electron chi connectivity index (χ0n) is 11.6. The van der Waals surface area contributed by atoms with E-state index in [4.69, 9.17) is 5.73 Å². The van der Waals surface area contributed by atoms with Crippen molar-refractivity contribution in [2.24, 2.45) is 11.7 Å². The molecule has 1 heterocycles. The predicted octanol–water partition coefficient (Wildman–Crippen LogP) is 2.36. The summed E-state index contributed by atoms with van der Waals surface area (Å²) in [4.78, 5) is 13.6. The lowest BCUT2D eigenvalue weighted by Gasteiger charge is -2.34. The van der Waals surface area contributed by atoms with Crippen LogP contribution in [0.5, 0.6) is 0 Å². The van der Waals surface area contributed by atoms with Crippen LogP contribution in [0.3, 0.4) is 0 Å². The third-order valence-electron chi connectivity index (χ3n) is 3.89. The Labute approximate surface area is 121 Å². The van der Waals surface area contributed by atoms with Crippen LogP contribution in [0.15, 0.2) is 30.3 Å². The number of alkyl halides is 3. The van der Waals surface area contributed by atoms with Gasteiger partial charge in [-0.3, -0.25) is 4.79 Å². The van der Waals surface area contributed by atoms with E-state index in [-0.39, 0.29) is 31.8 Å². The molecular weight excluding hydrogens is 281 g/mol. The van der Waals surface area contributed by atoms with Crippen molar-refractivity contribution in [2.45, 2.75) is 31.5 Å².